The minimum Gasteiger partial charge on any atom is -0.322 e. The van der Waals surface area contributed by atoms with E-state index in [1.165, 1.54) is 12.1 Å². The lowest BCUT2D eigenvalue weighted by atomic mass is 10.1. The molecule has 0 saturated heterocycles. The largest absolute Gasteiger partial charge is 0.322 e. The first-order valence-corrected chi connectivity index (χ1v) is 10.9. The maximum Gasteiger partial charge on any atom is 0.256 e. The number of aryl methyl sites for hydroxylation is 1. The molecule has 1 amide bonds. The number of sulfone groups is 1. The van der Waals surface area contributed by atoms with Gasteiger partial charge >= 0.3 is 0 Å². The molecule has 0 aliphatic heterocycles. The van der Waals surface area contributed by atoms with Crippen molar-refractivity contribution in [3.63, 3.8) is 0 Å². The molecule has 7 heteroatoms. The number of anilines is 1. The van der Waals surface area contributed by atoms with Crippen molar-refractivity contribution in [2.75, 3.05) is 11.6 Å². The Morgan fingerprint density at radius 3 is 2.48 bits per heavy atom. The van der Waals surface area contributed by atoms with E-state index in [9.17, 15) is 13.2 Å². The molecule has 29 heavy (non-hydrogen) atoms. The number of hydrogen-bond acceptors (Lipinski definition) is 4. The third kappa shape index (κ3) is 3.90. The highest BCUT2D eigenvalue weighted by molar-refractivity contribution is 7.90. The predicted molar refractivity (Wildman–Crippen MR) is 113 cm³/mol. The van der Waals surface area contributed by atoms with Crippen LogP contribution in [0.15, 0.2) is 78.0 Å². The van der Waals surface area contributed by atoms with Gasteiger partial charge in [0.15, 0.2) is 9.84 Å². The number of carbonyl (C=O) groups is 1. The minimum absolute atomic E-state index is 0.00844. The Hall–Kier alpha value is -3.45. The summed E-state index contributed by atoms with van der Waals surface area (Å²) in [6, 6.07) is 17.5. The summed E-state index contributed by atoms with van der Waals surface area (Å²) in [6.07, 6.45) is 5.00. The number of nitrogens with one attached hydrogen (secondary N) is 1. The molecule has 0 fully saturated rings. The van der Waals surface area contributed by atoms with Crippen LogP contribution in [0.25, 0.3) is 16.9 Å². The van der Waals surface area contributed by atoms with E-state index in [1.54, 1.807) is 24.3 Å². The van der Waals surface area contributed by atoms with Gasteiger partial charge in [0, 0.05) is 29.9 Å². The third-order valence-corrected chi connectivity index (χ3v) is 5.74. The average molecular weight is 405 g/mol. The first kappa shape index (κ1) is 18.9. The quantitative estimate of drug-likeness (QED) is 0.557. The zero-order valence-electron chi connectivity index (χ0n) is 16.0. The normalized spacial score (nSPS) is 11.5. The van der Waals surface area contributed by atoms with Crippen molar-refractivity contribution in [3.05, 3.63) is 84.2 Å². The van der Waals surface area contributed by atoms with Crippen molar-refractivity contribution in [2.45, 2.75) is 11.8 Å². The maximum absolute atomic E-state index is 12.6. The van der Waals surface area contributed by atoms with Crippen LogP contribution in [0.2, 0.25) is 0 Å². The lowest BCUT2D eigenvalue weighted by Gasteiger charge is -2.09. The predicted octanol–water partition coefficient (Wildman–Crippen LogP) is 3.97. The monoisotopic (exact) mass is 405 g/mol. The van der Waals surface area contributed by atoms with Gasteiger partial charge in [0.25, 0.3) is 5.91 Å². The second kappa shape index (κ2) is 7.18. The number of carbonyl (C=O) groups excluding carboxylic acids is 1. The number of benzene rings is 2. The Labute approximate surface area is 168 Å². The van der Waals surface area contributed by atoms with E-state index in [2.05, 4.69) is 10.3 Å². The Balaban J connectivity index is 1.58. The minimum atomic E-state index is -3.50. The zero-order chi connectivity index (χ0) is 20.6. The van der Waals surface area contributed by atoms with Gasteiger partial charge in [-0.2, -0.15) is 0 Å². The van der Waals surface area contributed by atoms with Gasteiger partial charge in [0.2, 0.25) is 0 Å². The third-order valence-electron chi connectivity index (χ3n) is 4.59. The van der Waals surface area contributed by atoms with Crippen molar-refractivity contribution in [1.82, 2.24) is 9.38 Å². The molecule has 0 unspecified atom stereocenters. The molecule has 1 N–H and O–H groups in total. The zero-order valence-corrected chi connectivity index (χ0v) is 16.8. The molecule has 2 aromatic carbocycles. The summed E-state index contributed by atoms with van der Waals surface area (Å²) in [6.45, 7) is 2.02. The maximum atomic E-state index is 12.6. The first-order chi connectivity index (χ1) is 13.8. The van der Waals surface area contributed by atoms with E-state index < -0.39 is 15.7 Å². The molecule has 6 nitrogen and oxygen atoms in total. The smallest absolute Gasteiger partial charge is 0.256 e. The summed E-state index contributed by atoms with van der Waals surface area (Å²) in [5.74, 6) is -0.470. The number of aromatic nitrogens is 2. The van der Waals surface area contributed by atoms with Crippen molar-refractivity contribution in [3.8, 4) is 11.3 Å². The van der Waals surface area contributed by atoms with Crippen LogP contribution < -0.4 is 5.32 Å². The van der Waals surface area contributed by atoms with E-state index in [0.717, 1.165) is 28.7 Å². The van der Waals surface area contributed by atoms with Gasteiger partial charge in [-0.1, -0.05) is 24.3 Å². The molecule has 0 aliphatic rings. The molecule has 2 aromatic heterocycles. The highest BCUT2D eigenvalue weighted by Crippen LogP contribution is 2.23. The molecule has 2 heterocycles. The summed E-state index contributed by atoms with van der Waals surface area (Å²) < 4.78 is 25.8. The van der Waals surface area contributed by atoms with E-state index in [-0.39, 0.29) is 10.5 Å². The summed E-state index contributed by atoms with van der Waals surface area (Å²) >= 11 is 0. The van der Waals surface area contributed by atoms with Crippen LogP contribution in [0.4, 0.5) is 5.69 Å². The van der Waals surface area contributed by atoms with Crippen LogP contribution in [0.1, 0.15) is 15.9 Å². The fourth-order valence-electron chi connectivity index (χ4n) is 3.12. The van der Waals surface area contributed by atoms with Crippen LogP contribution in [0.3, 0.4) is 0 Å². The second-order valence-corrected chi connectivity index (χ2v) is 8.88. The SMILES string of the molecule is Cc1ccn2cc(-c3ccc(NC(=O)c4ccccc4S(C)(=O)=O)cc3)nc2c1. The number of rotatable bonds is 4. The fourth-order valence-corrected chi connectivity index (χ4v) is 4.01. The van der Waals surface area contributed by atoms with Crippen LogP contribution in [-0.2, 0) is 9.84 Å². The van der Waals surface area contributed by atoms with Gasteiger partial charge in [0.1, 0.15) is 5.65 Å². The van der Waals surface area contributed by atoms with Crippen LogP contribution in [0, 0.1) is 6.92 Å². The van der Waals surface area contributed by atoms with Crippen LogP contribution in [-0.4, -0.2) is 30.0 Å². The van der Waals surface area contributed by atoms with Crippen molar-refractivity contribution in [2.24, 2.45) is 0 Å². The molecule has 0 radical (unpaired) electrons. The van der Waals surface area contributed by atoms with Crippen molar-refractivity contribution < 1.29 is 13.2 Å². The van der Waals surface area contributed by atoms with Gasteiger partial charge in [-0.15, -0.1) is 0 Å². The highest BCUT2D eigenvalue weighted by atomic mass is 32.2. The van der Waals surface area contributed by atoms with Crippen LogP contribution >= 0.6 is 0 Å². The Bertz CT molecular complexity index is 1320. The topological polar surface area (TPSA) is 80.5 Å². The lowest BCUT2D eigenvalue weighted by Crippen LogP contribution is -2.15. The molecule has 0 aliphatic carbocycles. The Morgan fingerprint density at radius 1 is 1.03 bits per heavy atom. The summed E-state index contributed by atoms with van der Waals surface area (Å²) in [5, 5.41) is 2.75. The highest BCUT2D eigenvalue weighted by Gasteiger charge is 2.18. The molecular weight excluding hydrogens is 386 g/mol. The number of nitrogens with zero attached hydrogens (tertiary/aromatic N) is 2. The Morgan fingerprint density at radius 2 is 1.76 bits per heavy atom. The molecular formula is C22H19N3O3S. The standard InChI is InChI=1S/C22H19N3O3S/c1-15-11-12-25-14-19(24-21(25)13-15)16-7-9-17(10-8-16)23-22(26)18-5-3-4-6-20(18)29(2,27)28/h3-14H,1-2H3,(H,23,26). The number of pyridine rings is 1. The van der Waals surface area contributed by atoms with Gasteiger partial charge < -0.3 is 9.72 Å². The average Bonchev–Trinajstić information content (AvgIpc) is 3.11. The fraction of sp³-hybridized carbons (Fsp3) is 0.0909. The molecule has 4 aromatic rings. The van der Waals surface area contributed by atoms with Gasteiger partial charge in [-0.05, 0) is 48.9 Å². The van der Waals surface area contributed by atoms with Gasteiger partial charge in [-0.25, -0.2) is 13.4 Å². The van der Waals surface area contributed by atoms with E-state index >= 15 is 0 Å². The van der Waals surface area contributed by atoms with Gasteiger partial charge in [-0.3, -0.25) is 4.79 Å². The molecule has 146 valence electrons. The van der Waals surface area contributed by atoms with E-state index in [4.69, 9.17) is 0 Å². The van der Waals surface area contributed by atoms with Gasteiger partial charge in [0.05, 0.1) is 16.2 Å². The number of fused-ring (bicyclic) bond motifs is 1. The second-order valence-electron chi connectivity index (χ2n) is 6.90. The summed E-state index contributed by atoms with van der Waals surface area (Å²) in [5.41, 5.74) is 4.45. The molecule has 0 atom stereocenters. The van der Waals surface area contributed by atoms with Crippen molar-refractivity contribution >= 4 is 27.1 Å². The molecule has 4 rings (SSSR count). The van der Waals surface area contributed by atoms with Crippen molar-refractivity contribution in [1.29, 1.82) is 0 Å². The number of amides is 1. The summed E-state index contributed by atoms with van der Waals surface area (Å²) in [7, 11) is -3.50. The Kier molecular flexibility index (Phi) is 4.68. The first-order valence-electron chi connectivity index (χ1n) is 8.97. The van der Waals surface area contributed by atoms with Crippen LogP contribution in [0.5, 0.6) is 0 Å². The molecule has 0 spiro atoms. The molecule has 0 bridgehead atoms. The molecule has 0 saturated carbocycles. The van der Waals surface area contributed by atoms with E-state index in [1.807, 2.05) is 48.0 Å². The summed E-state index contributed by atoms with van der Waals surface area (Å²) in [4.78, 5) is 17.2. The van der Waals surface area contributed by atoms with E-state index in [0.29, 0.717) is 5.69 Å². The number of imidazole rings is 1. The number of hydrogen-bond donors (Lipinski definition) is 1. The lowest BCUT2D eigenvalue weighted by molar-refractivity contribution is 0.102.